The molecule has 6 aromatic carbocycles. The quantitative estimate of drug-likeness (QED) is 0.150. The van der Waals surface area contributed by atoms with E-state index in [1.807, 2.05) is 0 Å². The lowest BCUT2D eigenvalue weighted by molar-refractivity contribution is 0.275. The second kappa shape index (κ2) is 20.2. The summed E-state index contributed by atoms with van der Waals surface area (Å²) >= 11 is 0. The molecule has 0 aliphatic rings. The van der Waals surface area contributed by atoms with Gasteiger partial charge in [-0.3, -0.25) is 0 Å². The molecule has 6 aromatic rings. The van der Waals surface area contributed by atoms with Gasteiger partial charge in [-0.2, -0.15) is 0 Å². The molecule has 5 heteroatoms. The predicted molar refractivity (Wildman–Crippen MR) is 317 cm³/mol. The molecule has 0 saturated heterocycles. The van der Waals surface area contributed by atoms with E-state index in [0.717, 1.165) is 0 Å². The molecule has 73 heavy (non-hydrogen) atoms. The molecule has 6 rings (SSSR count). The molecule has 0 aromatic heterocycles. The van der Waals surface area contributed by atoms with E-state index < -0.39 is 7.82 Å². The Labute approximate surface area is 443 Å². The summed E-state index contributed by atoms with van der Waals surface area (Å²) in [6.45, 7) is 56.5. The molecule has 394 valence electrons. The van der Waals surface area contributed by atoms with E-state index in [4.69, 9.17) is 19.2 Å². The number of hydrogen-bond acceptors (Lipinski definition) is 1. The molecule has 0 bridgehead atoms. The topological polar surface area (TPSA) is 77.8 Å². The van der Waals surface area contributed by atoms with Gasteiger partial charge in [-0.15, -0.1) is 0 Å². The highest BCUT2D eigenvalue weighted by Crippen LogP contribution is 2.49. The fourth-order valence-electron chi connectivity index (χ4n) is 9.83. The van der Waals surface area contributed by atoms with E-state index >= 15 is 0 Å². The van der Waals surface area contributed by atoms with Crippen LogP contribution in [-0.2, 0) is 47.9 Å². The molecular formula is C68H93O4P. The van der Waals surface area contributed by atoms with Gasteiger partial charge < -0.3 is 14.7 Å². The van der Waals surface area contributed by atoms with Gasteiger partial charge in [-0.05, 0) is 156 Å². The van der Waals surface area contributed by atoms with Crippen molar-refractivity contribution in [2.24, 2.45) is 0 Å². The molecule has 3 N–H and O–H groups in total. The van der Waals surface area contributed by atoms with E-state index in [1.165, 1.54) is 100 Å². The molecule has 0 aliphatic heterocycles. The zero-order valence-corrected chi connectivity index (χ0v) is 50.5. The van der Waals surface area contributed by atoms with Crippen LogP contribution >= 0.6 is 7.82 Å². The van der Waals surface area contributed by atoms with Crippen LogP contribution in [0.5, 0.6) is 0 Å². The zero-order valence-electron chi connectivity index (χ0n) is 49.6. The highest BCUT2D eigenvalue weighted by Gasteiger charge is 2.31. The van der Waals surface area contributed by atoms with Crippen molar-refractivity contribution >= 4 is 7.82 Å². The second-order valence-corrected chi connectivity index (χ2v) is 30.1. The summed E-state index contributed by atoms with van der Waals surface area (Å²) in [4.78, 5) is 21.6. The van der Waals surface area contributed by atoms with Crippen LogP contribution in [0.2, 0.25) is 0 Å². The van der Waals surface area contributed by atoms with Crippen LogP contribution in [0.3, 0.4) is 0 Å². The van der Waals surface area contributed by atoms with Crippen molar-refractivity contribution in [2.75, 3.05) is 0 Å². The summed E-state index contributed by atoms with van der Waals surface area (Å²) < 4.78 is 8.88. The number of benzene rings is 6. The minimum absolute atomic E-state index is 0.0282. The molecule has 0 unspecified atom stereocenters. The average molecular weight is 1010 g/mol. The van der Waals surface area contributed by atoms with Crippen LogP contribution in [-0.4, -0.2) is 14.7 Å². The van der Waals surface area contributed by atoms with Crippen LogP contribution in [0.1, 0.15) is 211 Å². The van der Waals surface area contributed by atoms with E-state index in [0.29, 0.717) is 0 Å². The monoisotopic (exact) mass is 1000 g/mol. The first kappa shape index (κ1) is 59.3. The van der Waals surface area contributed by atoms with Gasteiger partial charge in [0, 0.05) is 0 Å². The SMILES string of the molecule is CC(C)(C)c1ccc(-c2ccc(-c3ccc(-c4ccc(C(C)(C)C)cc4C(C)(C)C)c(-c4ccc(C(C)(C)C)cc4C(C)(C)C)c3)cc2-c2ccc(C(C)(C)C)cc2C(C)(C)C)c(C(C)(C)C)c1.O=P(O)(O)O. The summed E-state index contributed by atoms with van der Waals surface area (Å²) in [5.41, 5.74) is 23.7. The first-order valence-corrected chi connectivity index (χ1v) is 28.0. The van der Waals surface area contributed by atoms with Crippen molar-refractivity contribution in [3.05, 3.63) is 154 Å². The molecule has 0 heterocycles. The lowest BCUT2D eigenvalue weighted by Gasteiger charge is -2.31. The van der Waals surface area contributed by atoms with Gasteiger partial charge in [0.1, 0.15) is 0 Å². The maximum absolute atomic E-state index is 8.88. The first-order valence-electron chi connectivity index (χ1n) is 26.5. The maximum Gasteiger partial charge on any atom is 0.466 e. The van der Waals surface area contributed by atoms with Crippen LogP contribution in [0, 0.1) is 0 Å². The minimum atomic E-state index is -4.64. The maximum atomic E-state index is 8.88. The largest absolute Gasteiger partial charge is 0.466 e. The molecule has 0 atom stereocenters. The molecule has 4 nitrogen and oxygen atoms in total. The van der Waals surface area contributed by atoms with Gasteiger partial charge in [0.05, 0.1) is 0 Å². The molecule has 0 spiro atoms. The Morgan fingerprint density at radius 2 is 0.425 bits per heavy atom. The summed E-state index contributed by atoms with van der Waals surface area (Å²) in [6, 6.07) is 43.9. The van der Waals surface area contributed by atoms with E-state index in [9.17, 15) is 0 Å². The zero-order chi connectivity index (χ0) is 55.6. The van der Waals surface area contributed by atoms with Crippen molar-refractivity contribution in [1.29, 1.82) is 0 Å². The lowest BCUT2D eigenvalue weighted by atomic mass is 9.73. The summed E-state index contributed by atoms with van der Waals surface area (Å²) in [5.74, 6) is 0. The fraction of sp³-hybridized carbons (Fsp3) is 0.471. The Balaban J connectivity index is 0.00000188. The first-order chi connectivity index (χ1) is 32.8. The normalized spacial score (nSPS) is 13.5. The molecule has 0 radical (unpaired) electrons. The second-order valence-electron chi connectivity index (χ2n) is 29.1. The fourth-order valence-corrected chi connectivity index (χ4v) is 9.83. The van der Waals surface area contributed by atoms with E-state index in [1.54, 1.807) is 0 Å². The van der Waals surface area contributed by atoms with E-state index in [2.05, 4.69) is 275 Å². The van der Waals surface area contributed by atoms with Gasteiger partial charge in [-0.25, -0.2) is 4.57 Å². The molecular weight excluding hydrogens is 912 g/mol. The van der Waals surface area contributed by atoms with E-state index in [-0.39, 0.29) is 43.3 Å². The van der Waals surface area contributed by atoms with Gasteiger partial charge in [0.15, 0.2) is 0 Å². The smallest absolute Gasteiger partial charge is 0.303 e. The standard InChI is InChI=1S/C68H90.H3O4P/c1-61(2,3)45-27-33-51(57(39-45)65(13,14)15)49-31-25-43(37-55(49)53-35-29-47(63(7,8)9)41-59(53)67(19,20)21)44-26-32-50(52-34-28-46(62(4,5)6)40-58(52)66(16,17)18)56(38-44)54-36-30-48(64(10,11)12)42-60(54)68(22,23)24;1-5(2,3)4/h25-42H,1-24H3;(H3,1,2,3,4). The van der Waals surface area contributed by atoms with Crippen LogP contribution in [0.15, 0.2) is 109 Å². The van der Waals surface area contributed by atoms with Gasteiger partial charge in [0.2, 0.25) is 0 Å². The molecule has 0 fully saturated rings. The van der Waals surface area contributed by atoms with Crippen LogP contribution in [0.4, 0.5) is 0 Å². The van der Waals surface area contributed by atoms with Crippen molar-refractivity contribution in [1.82, 2.24) is 0 Å². The summed E-state index contributed by atoms with van der Waals surface area (Å²) in [6.07, 6.45) is 0. The predicted octanol–water partition coefficient (Wildman–Crippen LogP) is 19.5. The Morgan fingerprint density at radius 1 is 0.247 bits per heavy atom. The Kier molecular flexibility index (Phi) is 16.4. The minimum Gasteiger partial charge on any atom is -0.303 e. The average Bonchev–Trinajstić information content (AvgIpc) is 3.22. The Hall–Kier alpha value is -4.57. The molecule has 0 aliphatic carbocycles. The highest BCUT2D eigenvalue weighted by atomic mass is 31.2. The molecule has 0 saturated carbocycles. The van der Waals surface area contributed by atoms with Gasteiger partial charge in [0.25, 0.3) is 0 Å². The van der Waals surface area contributed by atoms with Crippen molar-refractivity contribution < 1.29 is 19.2 Å². The summed E-state index contributed by atoms with van der Waals surface area (Å²) in [7, 11) is -4.64. The van der Waals surface area contributed by atoms with Crippen LogP contribution in [0.25, 0.3) is 55.6 Å². The van der Waals surface area contributed by atoms with Gasteiger partial charge >= 0.3 is 7.82 Å². The third-order valence-electron chi connectivity index (χ3n) is 14.3. The number of hydrogen-bond donors (Lipinski definition) is 3. The summed E-state index contributed by atoms with van der Waals surface area (Å²) in [5, 5.41) is 0. The van der Waals surface area contributed by atoms with Crippen molar-refractivity contribution in [3.63, 3.8) is 0 Å². The van der Waals surface area contributed by atoms with Crippen molar-refractivity contribution in [2.45, 2.75) is 209 Å². The number of rotatable bonds is 5. The highest BCUT2D eigenvalue weighted by molar-refractivity contribution is 7.45. The van der Waals surface area contributed by atoms with Crippen LogP contribution < -0.4 is 0 Å². The Bertz CT molecular complexity index is 2810. The Morgan fingerprint density at radius 3 is 0.603 bits per heavy atom. The third-order valence-corrected chi connectivity index (χ3v) is 14.3. The van der Waals surface area contributed by atoms with Crippen molar-refractivity contribution in [3.8, 4) is 55.6 Å². The lowest BCUT2D eigenvalue weighted by Crippen LogP contribution is -2.18. The molecule has 0 amide bonds. The third kappa shape index (κ3) is 14.4. The van der Waals surface area contributed by atoms with Gasteiger partial charge in [-0.1, -0.05) is 263 Å². The number of phosphoric acid groups is 1.